The zero-order valence-electron chi connectivity index (χ0n) is 10.1. The molecule has 1 aromatic heterocycles. The highest BCUT2D eigenvalue weighted by molar-refractivity contribution is 5.67. The Labute approximate surface area is 102 Å². The largest absolute Gasteiger partial charge is 0.495 e. The lowest BCUT2D eigenvalue weighted by Crippen LogP contribution is -2.16. The van der Waals surface area contributed by atoms with E-state index >= 15 is 0 Å². The Bertz CT molecular complexity index is 442. The lowest BCUT2D eigenvalue weighted by atomic mass is 9.80. The second-order valence-corrected chi connectivity index (χ2v) is 4.96. The fraction of sp³-hybridized carbons (Fsp3) is 0.500. The summed E-state index contributed by atoms with van der Waals surface area (Å²) < 4.78 is 5.23. The van der Waals surface area contributed by atoms with Gasteiger partial charge < -0.3 is 10.1 Å². The highest BCUT2D eigenvalue weighted by atomic mass is 16.5. The smallest absolute Gasteiger partial charge is 0.137 e. The van der Waals surface area contributed by atoms with Crippen molar-refractivity contribution in [3.05, 3.63) is 30.1 Å². The molecule has 17 heavy (non-hydrogen) atoms. The van der Waals surface area contributed by atoms with Crippen LogP contribution in [-0.2, 0) is 0 Å². The summed E-state index contributed by atoms with van der Waals surface area (Å²) in [5.41, 5.74) is 2.65. The summed E-state index contributed by atoms with van der Waals surface area (Å²) in [6.45, 7) is 2.35. The molecule has 0 radical (unpaired) electrons. The van der Waals surface area contributed by atoms with E-state index in [4.69, 9.17) is 4.74 Å². The maximum absolute atomic E-state index is 5.23. The second-order valence-electron chi connectivity index (χ2n) is 4.96. The standard InChI is InChI=1S/C14H18N2O/c1-17-14-5-13(8-16-9-14)10-2-3-11-6-15-7-12(11)4-10/h2,5,8-9,11-12,15H,3-4,6-7H2,1H3/t11-,12+/m0/s1. The fourth-order valence-corrected chi connectivity index (χ4v) is 2.90. The van der Waals surface area contributed by atoms with Gasteiger partial charge in [0.05, 0.1) is 13.3 Å². The van der Waals surface area contributed by atoms with Crippen LogP contribution in [0.3, 0.4) is 0 Å². The third-order valence-corrected chi connectivity index (χ3v) is 3.95. The van der Waals surface area contributed by atoms with Gasteiger partial charge in [-0.25, -0.2) is 0 Å². The lowest BCUT2D eigenvalue weighted by molar-refractivity contribution is 0.411. The van der Waals surface area contributed by atoms with Crippen LogP contribution >= 0.6 is 0 Å². The molecule has 0 saturated carbocycles. The van der Waals surface area contributed by atoms with E-state index in [1.54, 1.807) is 13.3 Å². The minimum atomic E-state index is 0.807. The van der Waals surface area contributed by atoms with Crippen LogP contribution < -0.4 is 10.1 Å². The Morgan fingerprint density at radius 1 is 1.29 bits per heavy atom. The zero-order valence-corrected chi connectivity index (χ0v) is 10.1. The molecule has 2 aliphatic rings. The lowest BCUT2D eigenvalue weighted by Gasteiger charge is -2.24. The summed E-state index contributed by atoms with van der Waals surface area (Å²) in [6, 6.07) is 2.08. The minimum absolute atomic E-state index is 0.807. The van der Waals surface area contributed by atoms with E-state index < -0.39 is 0 Å². The normalized spacial score (nSPS) is 27.5. The molecule has 2 heterocycles. The number of nitrogens with zero attached hydrogens (tertiary/aromatic N) is 1. The molecule has 1 N–H and O–H groups in total. The molecule has 1 saturated heterocycles. The van der Waals surface area contributed by atoms with E-state index in [1.165, 1.54) is 37.1 Å². The summed E-state index contributed by atoms with van der Waals surface area (Å²) in [5.74, 6) is 2.49. The van der Waals surface area contributed by atoms with Gasteiger partial charge in [-0.05, 0) is 55.0 Å². The molecule has 0 spiro atoms. The molecule has 0 bridgehead atoms. The van der Waals surface area contributed by atoms with Crippen molar-refractivity contribution in [1.29, 1.82) is 0 Å². The predicted molar refractivity (Wildman–Crippen MR) is 67.8 cm³/mol. The predicted octanol–water partition coefficient (Wildman–Crippen LogP) is 2.10. The van der Waals surface area contributed by atoms with Crippen molar-refractivity contribution in [2.24, 2.45) is 11.8 Å². The van der Waals surface area contributed by atoms with Gasteiger partial charge in [-0.2, -0.15) is 0 Å². The molecule has 1 aliphatic heterocycles. The maximum atomic E-state index is 5.23. The van der Waals surface area contributed by atoms with Crippen molar-refractivity contribution in [2.75, 3.05) is 20.2 Å². The van der Waals surface area contributed by atoms with Gasteiger partial charge in [0.1, 0.15) is 5.75 Å². The summed E-state index contributed by atoms with van der Waals surface area (Å²) in [5, 5.41) is 3.49. The minimum Gasteiger partial charge on any atom is -0.495 e. The number of methoxy groups -OCH3 is 1. The third-order valence-electron chi connectivity index (χ3n) is 3.95. The summed E-state index contributed by atoms with van der Waals surface area (Å²) in [6.07, 6.45) is 8.45. The molecule has 2 atom stereocenters. The molecule has 3 rings (SSSR count). The van der Waals surface area contributed by atoms with E-state index in [9.17, 15) is 0 Å². The van der Waals surface area contributed by atoms with E-state index in [0.717, 1.165) is 17.6 Å². The van der Waals surface area contributed by atoms with E-state index in [2.05, 4.69) is 22.4 Å². The summed E-state index contributed by atoms with van der Waals surface area (Å²) in [4.78, 5) is 4.23. The van der Waals surface area contributed by atoms with Gasteiger partial charge in [0.2, 0.25) is 0 Å². The second kappa shape index (κ2) is 4.49. The molecule has 1 fully saturated rings. The van der Waals surface area contributed by atoms with Crippen molar-refractivity contribution in [3.63, 3.8) is 0 Å². The number of allylic oxidation sites excluding steroid dienone is 2. The van der Waals surface area contributed by atoms with Crippen molar-refractivity contribution >= 4 is 5.57 Å². The molecule has 1 aromatic rings. The van der Waals surface area contributed by atoms with Crippen LogP contribution in [0.1, 0.15) is 18.4 Å². The number of pyridine rings is 1. The van der Waals surface area contributed by atoms with Gasteiger partial charge in [-0.1, -0.05) is 6.08 Å². The van der Waals surface area contributed by atoms with Gasteiger partial charge in [-0.3, -0.25) is 4.98 Å². The Kier molecular flexibility index (Phi) is 2.85. The van der Waals surface area contributed by atoms with Crippen LogP contribution in [-0.4, -0.2) is 25.2 Å². The van der Waals surface area contributed by atoms with Gasteiger partial charge in [0.25, 0.3) is 0 Å². The van der Waals surface area contributed by atoms with Crippen LogP contribution in [0.25, 0.3) is 5.57 Å². The van der Waals surface area contributed by atoms with Crippen LogP contribution in [0, 0.1) is 11.8 Å². The number of aromatic nitrogens is 1. The molecule has 0 unspecified atom stereocenters. The van der Waals surface area contributed by atoms with Crippen LogP contribution in [0.5, 0.6) is 5.75 Å². The molecular weight excluding hydrogens is 212 g/mol. The molecule has 0 amide bonds. The molecule has 1 aliphatic carbocycles. The highest BCUT2D eigenvalue weighted by Gasteiger charge is 2.30. The molecular formula is C14H18N2O. The first-order valence-electron chi connectivity index (χ1n) is 6.26. The molecule has 90 valence electrons. The Morgan fingerprint density at radius 3 is 3.06 bits per heavy atom. The monoisotopic (exact) mass is 230 g/mol. The van der Waals surface area contributed by atoms with E-state index in [0.29, 0.717) is 0 Å². The number of hydrogen-bond acceptors (Lipinski definition) is 3. The third kappa shape index (κ3) is 2.07. The van der Waals surface area contributed by atoms with Gasteiger partial charge in [-0.15, -0.1) is 0 Å². The van der Waals surface area contributed by atoms with E-state index in [-0.39, 0.29) is 0 Å². The van der Waals surface area contributed by atoms with Gasteiger partial charge >= 0.3 is 0 Å². The van der Waals surface area contributed by atoms with Crippen LogP contribution in [0.4, 0.5) is 0 Å². The fourth-order valence-electron chi connectivity index (χ4n) is 2.90. The SMILES string of the molecule is COc1cncc(C2=CC[C@H]3CNC[C@H]3C2)c1. The maximum Gasteiger partial charge on any atom is 0.137 e. The molecule has 3 nitrogen and oxygen atoms in total. The van der Waals surface area contributed by atoms with Gasteiger partial charge in [0.15, 0.2) is 0 Å². The van der Waals surface area contributed by atoms with Crippen LogP contribution in [0.2, 0.25) is 0 Å². The van der Waals surface area contributed by atoms with Crippen molar-refractivity contribution in [2.45, 2.75) is 12.8 Å². The van der Waals surface area contributed by atoms with Crippen LogP contribution in [0.15, 0.2) is 24.5 Å². The average Bonchev–Trinajstić information content (AvgIpc) is 2.86. The van der Waals surface area contributed by atoms with Gasteiger partial charge in [0, 0.05) is 6.20 Å². The summed E-state index contributed by atoms with van der Waals surface area (Å²) >= 11 is 0. The number of rotatable bonds is 2. The summed E-state index contributed by atoms with van der Waals surface area (Å²) in [7, 11) is 1.69. The number of ether oxygens (including phenoxy) is 1. The van der Waals surface area contributed by atoms with Crippen molar-refractivity contribution < 1.29 is 4.74 Å². The number of fused-ring (bicyclic) bond motifs is 1. The first-order valence-corrected chi connectivity index (χ1v) is 6.26. The Morgan fingerprint density at radius 2 is 2.18 bits per heavy atom. The zero-order chi connectivity index (χ0) is 11.7. The van der Waals surface area contributed by atoms with Crippen molar-refractivity contribution in [3.8, 4) is 5.75 Å². The first-order chi connectivity index (χ1) is 8.36. The van der Waals surface area contributed by atoms with E-state index in [1.807, 2.05) is 6.20 Å². The Hall–Kier alpha value is -1.35. The average molecular weight is 230 g/mol. The molecule has 3 heteroatoms. The highest BCUT2D eigenvalue weighted by Crippen LogP contribution is 2.36. The quantitative estimate of drug-likeness (QED) is 0.845. The molecule has 0 aromatic carbocycles. The topological polar surface area (TPSA) is 34.1 Å². The van der Waals surface area contributed by atoms with Crippen molar-refractivity contribution in [1.82, 2.24) is 10.3 Å². The number of hydrogen-bond donors (Lipinski definition) is 1. The first kappa shape index (κ1) is 10.8. The Balaban J connectivity index is 1.84. The number of nitrogens with one attached hydrogen (secondary N) is 1.